The van der Waals surface area contributed by atoms with Crippen LogP contribution in [-0.4, -0.2) is 27.4 Å². The summed E-state index contributed by atoms with van der Waals surface area (Å²) < 4.78 is 1.56. The smallest absolute Gasteiger partial charge is 0.225 e. The van der Waals surface area contributed by atoms with Gasteiger partial charge in [0.25, 0.3) is 0 Å². The second-order valence-electron chi connectivity index (χ2n) is 5.20. The fourth-order valence-electron chi connectivity index (χ4n) is 2.42. The molecular weight excluding hydrogens is 302 g/mol. The van der Waals surface area contributed by atoms with Gasteiger partial charge in [0, 0.05) is 19.2 Å². The highest BCUT2D eigenvalue weighted by Gasteiger charge is 2.18. The van der Waals surface area contributed by atoms with Crippen LogP contribution in [0.4, 0.5) is 0 Å². The van der Waals surface area contributed by atoms with Crippen LogP contribution in [0.2, 0.25) is 5.15 Å². The molecule has 1 amide bonds. The van der Waals surface area contributed by atoms with Crippen molar-refractivity contribution in [3.63, 3.8) is 0 Å². The molecule has 118 valence electrons. The van der Waals surface area contributed by atoms with Crippen LogP contribution in [-0.2, 0) is 18.3 Å². The Bertz CT molecular complexity index is 640. The van der Waals surface area contributed by atoms with Crippen LogP contribution in [0.5, 0.6) is 0 Å². The second kappa shape index (κ2) is 7.42. The minimum Gasteiger partial charge on any atom is -0.396 e. The molecule has 0 bridgehead atoms. The zero-order chi connectivity index (χ0) is 16.1. The van der Waals surface area contributed by atoms with Crippen molar-refractivity contribution < 1.29 is 9.90 Å². The fraction of sp³-hybridized carbons (Fsp3) is 0.375. The number of benzene rings is 1. The van der Waals surface area contributed by atoms with Gasteiger partial charge in [0.15, 0.2) is 0 Å². The van der Waals surface area contributed by atoms with Gasteiger partial charge in [0.05, 0.1) is 18.2 Å². The van der Waals surface area contributed by atoms with Crippen molar-refractivity contribution in [2.45, 2.75) is 25.8 Å². The SMILES string of the molecule is Cc1nn(C)c(Cl)c1CC(=O)NC(CCO)c1ccccc1. The molecule has 6 heteroatoms. The predicted molar refractivity (Wildman–Crippen MR) is 85.7 cm³/mol. The fourth-order valence-corrected chi connectivity index (χ4v) is 2.66. The van der Waals surface area contributed by atoms with Crippen molar-refractivity contribution >= 4 is 17.5 Å². The maximum Gasteiger partial charge on any atom is 0.225 e. The molecule has 0 aliphatic rings. The number of nitrogens with zero attached hydrogens (tertiary/aromatic N) is 2. The lowest BCUT2D eigenvalue weighted by atomic mass is 10.0. The van der Waals surface area contributed by atoms with Crippen LogP contribution in [0.3, 0.4) is 0 Å². The van der Waals surface area contributed by atoms with E-state index in [1.807, 2.05) is 37.3 Å². The molecule has 1 aromatic carbocycles. The van der Waals surface area contributed by atoms with Crippen molar-refractivity contribution in [1.82, 2.24) is 15.1 Å². The van der Waals surface area contributed by atoms with Gasteiger partial charge in [0.1, 0.15) is 5.15 Å². The van der Waals surface area contributed by atoms with Gasteiger partial charge >= 0.3 is 0 Å². The summed E-state index contributed by atoms with van der Waals surface area (Å²) in [5, 5.41) is 16.8. The molecule has 0 fully saturated rings. The van der Waals surface area contributed by atoms with Gasteiger partial charge in [-0.2, -0.15) is 5.10 Å². The zero-order valence-corrected chi connectivity index (χ0v) is 13.5. The Labute approximate surface area is 134 Å². The first-order valence-electron chi connectivity index (χ1n) is 7.16. The summed E-state index contributed by atoms with van der Waals surface area (Å²) in [5.74, 6) is -0.139. The van der Waals surface area contributed by atoms with Crippen LogP contribution >= 0.6 is 11.6 Å². The van der Waals surface area contributed by atoms with Gasteiger partial charge in [-0.15, -0.1) is 0 Å². The Morgan fingerprint density at radius 2 is 2.09 bits per heavy atom. The third kappa shape index (κ3) is 3.87. The number of aromatic nitrogens is 2. The number of amides is 1. The molecule has 2 aromatic rings. The maximum atomic E-state index is 12.3. The van der Waals surface area contributed by atoms with Crippen LogP contribution in [0.25, 0.3) is 0 Å². The number of aryl methyl sites for hydroxylation is 2. The third-order valence-electron chi connectivity index (χ3n) is 3.56. The molecule has 0 aliphatic carbocycles. The number of rotatable bonds is 6. The topological polar surface area (TPSA) is 67.2 Å². The summed E-state index contributed by atoms with van der Waals surface area (Å²) in [6, 6.07) is 9.39. The Kier molecular flexibility index (Phi) is 5.57. The zero-order valence-electron chi connectivity index (χ0n) is 12.7. The summed E-state index contributed by atoms with van der Waals surface area (Å²) in [4.78, 5) is 12.3. The van der Waals surface area contributed by atoms with Gasteiger partial charge in [0.2, 0.25) is 5.91 Å². The predicted octanol–water partition coefficient (Wildman–Crippen LogP) is 2.16. The Balaban J connectivity index is 2.08. The largest absolute Gasteiger partial charge is 0.396 e. The molecule has 0 saturated carbocycles. The highest BCUT2D eigenvalue weighted by atomic mass is 35.5. The summed E-state index contributed by atoms with van der Waals surface area (Å²) in [6.45, 7) is 1.84. The normalized spacial score (nSPS) is 12.2. The first-order chi connectivity index (χ1) is 10.5. The summed E-state index contributed by atoms with van der Waals surface area (Å²) in [7, 11) is 1.75. The quantitative estimate of drug-likeness (QED) is 0.857. The average molecular weight is 322 g/mol. The van der Waals surface area contributed by atoms with Crippen molar-refractivity contribution in [2.75, 3.05) is 6.61 Å². The van der Waals surface area contributed by atoms with Gasteiger partial charge in [-0.1, -0.05) is 41.9 Å². The van der Waals surface area contributed by atoms with Crippen molar-refractivity contribution in [2.24, 2.45) is 7.05 Å². The Morgan fingerprint density at radius 1 is 1.41 bits per heavy atom. The summed E-state index contributed by atoms with van der Waals surface area (Å²) >= 11 is 6.15. The monoisotopic (exact) mass is 321 g/mol. The number of aliphatic hydroxyl groups excluding tert-OH is 1. The van der Waals surface area contributed by atoms with Crippen molar-refractivity contribution in [3.8, 4) is 0 Å². The molecular formula is C16H20ClN3O2. The van der Waals surface area contributed by atoms with E-state index in [0.29, 0.717) is 11.6 Å². The van der Waals surface area contributed by atoms with Crippen molar-refractivity contribution in [1.29, 1.82) is 0 Å². The third-order valence-corrected chi connectivity index (χ3v) is 4.03. The number of aliphatic hydroxyl groups is 1. The Hall–Kier alpha value is -1.85. The number of halogens is 1. The lowest BCUT2D eigenvalue weighted by Crippen LogP contribution is -2.30. The number of carbonyl (C=O) groups is 1. The van der Waals surface area contributed by atoms with E-state index in [2.05, 4.69) is 10.4 Å². The highest BCUT2D eigenvalue weighted by Crippen LogP contribution is 2.20. The summed E-state index contributed by atoms with van der Waals surface area (Å²) in [5.41, 5.74) is 2.46. The molecule has 0 radical (unpaired) electrons. The molecule has 22 heavy (non-hydrogen) atoms. The molecule has 5 nitrogen and oxygen atoms in total. The van der Waals surface area contributed by atoms with E-state index >= 15 is 0 Å². The summed E-state index contributed by atoms with van der Waals surface area (Å²) in [6.07, 6.45) is 0.642. The first kappa shape index (κ1) is 16.5. The van der Waals surface area contributed by atoms with Gasteiger partial charge in [-0.25, -0.2) is 0 Å². The number of hydrogen-bond acceptors (Lipinski definition) is 3. The molecule has 1 unspecified atom stereocenters. The standard InChI is InChI=1S/C16H20ClN3O2/c1-11-13(16(17)20(2)19-11)10-15(22)18-14(8-9-21)12-6-4-3-5-7-12/h3-7,14,21H,8-10H2,1-2H3,(H,18,22). The van der Waals surface area contributed by atoms with E-state index in [0.717, 1.165) is 16.8 Å². The minimum atomic E-state index is -0.213. The maximum absolute atomic E-state index is 12.3. The van der Waals surface area contributed by atoms with E-state index in [9.17, 15) is 9.90 Å². The molecule has 2 rings (SSSR count). The van der Waals surface area contributed by atoms with Crippen LogP contribution in [0, 0.1) is 6.92 Å². The van der Waals surface area contributed by atoms with Gasteiger partial charge < -0.3 is 10.4 Å². The molecule has 1 aromatic heterocycles. The lowest BCUT2D eigenvalue weighted by molar-refractivity contribution is -0.121. The van der Waals surface area contributed by atoms with Crippen molar-refractivity contribution in [3.05, 3.63) is 52.3 Å². The molecule has 0 saturated heterocycles. The van der Waals surface area contributed by atoms with E-state index < -0.39 is 0 Å². The van der Waals surface area contributed by atoms with E-state index in [1.54, 1.807) is 11.7 Å². The Morgan fingerprint density at radius 3 is 2.64 bits per heavy atom. The van der Waals surface area contributed by atoms with E-state index in [-0.39, 0.29) is 25.0 Å². The number of nitrogens with one attached hydrogen (secondary N) is 1. The molecule has 0 aliphatic heterocycles. The first-order valence-corrected chi connectivity index (χ1v) is 7.54. The van der Waals surface area contributed by atoms with Crippen LogP contribution in [0.1, 0.15) is 29.3 Å². The average Bonchev–Trinajstić information content (AvgIpc) is 2.74. The van der Waals surface area contributed by atoms with Crippen LogP contribution in [0.15, 0.2) is 30.3 Å². The number of carbonyl (C=O) groups excluding carboxylic acids is 1. The van der Waals surface area contributed by atoms with E-state index in [1.165, 1.54) is 0 Å². The molecule has 1 heterocycles. The van der Waals surface area contributed by atoms with Gasteiger partial charge in [-0.05, 0) is 18.9 Å². The molecule has 1 atom stereocenters. The number of hydrogen-bond donors (Lipinski definition) is 2. The molecule has 0 spiro atoms. The highest BCUT2D eigenvalue weighted by molar-refractivity contribution is 6.30. The minimum absolute atomic E-state index is 0.00647. The van der Waals surface area contributed by atoms with Crippen LogP contribution < -0.4 is 5.32 Å². The van der Waals surface area contributed by atoms with Gasteiger partial charge in [-0.3, -0.25) is 9.48 Å². The van der Waals surface area contributed by atoms with E-state index in [4.69, 9.17) is 11.6 Å². The second-order valence-corrected chi connectivity index (χ2v) is 5.56. The molecule has 2 N–H and O–H groups in total. The lowest BCUT2D eigenvalue weighted by Gasteiger charge is -2.18.